The fourth-order valence-electron chi connectivity index (χ4n) is 3.20. The first kappa shape index (κ1) is 19.1. The fraction of sp³-hybridized carbons (Fsp3) is 0.0435. The van der Waals surface area contributed by atoms with Gasteiger partial charge in [-0.2, -0.15) is 0 Å². The van der Waals surface area contributed by atoms with Crippen LogP contribution in [0.1, 0.15) is 26.3 Å². The number of Topliss-reactive ketones (excluding diaryl/α,β-unsaturated/α-hetero) is 1. The average Bonchev–Trinajstić information content (AvgIpc) is 3.34. The van der Waals surface area contributed by atoms with E-state index in [0.29, 0.717) is 11.5 Å². The van der Waals surface area contributed by atoms with Gasteiger partial charge < -0.3 is 18.9 Å². The summed E-state index contributed by atoms with van der Waals surface area (Å²) in [6, 6.07) is 13.3. The number of hydrogen-bond acceptors (Lipinski definition) is 6. The molecule has 0 spiro atoms. The number of ether oxygens (including phenoxy) is 4. The van der Waals surface area contributed by atoms with Crippen LogP contribution in [0.15, 0.2) is 60.4 Å². The number of benzene rings is 3. The zero-order valence-electron chi connectivity index (χ0n) is 15.7. The van der Waals surface area contributed by atoms with Crippen molar-refractivity contribution >= 4 is 29.4 Å². The average molecular weight is 439 g/mol. The van der Waals surface area contributed by atoms with Gasteiger partial charge in [-0.25, -0.2) is 9.18 Å². The van der Waals surface area contributed by atoms with Crippen LogP contribution in [-0.2, 0) is 0 Å². The van der Waals surface area contributed by atoms with Crippen molar-refractivity contribution in [2.24, 2.45) is 0 Å². The Hall–Kier alpha value is -3.84. The normalized spacial score (nSPS) is 15.0. The van der Waals surface area contributed by atoms with E-state index < -0.39 is 17.6 Å². The van der Waals surface area contributed by atoms with Gasteiger partial charge in [0.25, 0.3) is 0 Å². The summed E-state index contributed by atoms with van der Waals surface area (Å²) < 4.78 is 35.5. The summed E-state index contributed by atoms with van der Waals surface area (Å²) in [5.41, 5.74) is 0.591. The molecule has 0 aliphatic carbocycles. The molecule has 0 saturated heterocycles. The Kier molecular flexibility index (Phi) is 4.60. The van der Waals surface area contributed by atoms with Gasteiger partial charge in [0, 0.05) is 11.6 Å². The minimum absolute atomic E-state index is 0.0507. The van der Waals surface area contributed by atoms with Crippen LogP contribution in [0, 0.1) is 5.82 Å². The predicted octanol–water partition coefficient (Wildman–Crippen LogP) is 5.04. The van der Waals surface area contributed by atoms with Crippen molar-refractivity contribution in [2.75, 3.05) is 6.79 Å². The molecule has 154 valence electrons. The lowest BCUT2D eigenvalue weighted by atomic mass is 10.1. The molecule has 0 unspecified atom stereocenters. The molecule has 0 atom stereocenters. The standard InChI is InChI=1S/C23H12ClFO6/c24-16-2-1-3-17(25)15(16)10-21-22(26)14-6-5-13(9-19(14)31-21)30-23(27)12-4-7-18-20(8-12)29-11-28-18/h1-10H,11H2. The molecule has 0 saturated carbocycles. The molecule has 0 fully saturated rings. The van der Waals surface area contributed by atoms with Crippen LogP contribution in [0.4, 0.5) is 4.39 Å². The third-order valence-corrected chi connectivity index (χ3v) is 5.06. The quantitative estimate of drug-likeness (QED) is 0.324. The molecule has 8 heteroatoms. The number of carbonyl (C=O) groups is 2. The minimum atomic E-state index is -0.614. The topological polar surface area (TPSA) is 71.1 Å². The van der Waals surface area contributed by atoms with Crippen LogP contribution in [-0.4, -0.2) is 18.5 Å². The minimum Gasteiger partial charge on any atom is -0.454 e. The molecule has 3 aromatic carbocycles. The van der Waals surface area contributed by atoms with E-state index in [9.17, 15) is 14.0 Å². The molecule has 0 aromatic heterocycles. The molecule has 0 amide bonds. The van der Waals surface area contributed by atoms with E-state index in [1.165, 1.54) is 48.5 Å². The number of rotatable bonds is 3. The lowest BCUT2D eigenvalue weighted by molar-refractivity contribution is 0.0734. The van der Waals surface area contributed by atoms with Crippen LogP contribution in [0.2, 0.25) is 5.02 Å². The highest BCUT2D eigenvalue weighted by Crippen LogP contribution is 2.37. The molecule has 2 aliphatic rings. The lowest BCUT2D eigenvalue weighted by Crippen LogP contribution is -2.08. The van der Waals surface area contributed by atoms with Crippen molar-refractivity contribution in [3.63, 3.8) is 0 Å². The van der Waals surface area contributed by atoms with Crippen molar-refractivity contribution in [3.05, 3.63) is 87.9 Å². The van der Waals surface area contributed by atoms with E-state index in [1.54, 1.807) is 12.1 Å². The number of allylic oxidation sites excluding steroid dienone is 1. The molecule has 0 radical (unpaired) electrons. The Morgan fingerprint density at radius 1 is 1.03 bits per heavy atom. The number of fused-ring (bicyclic) bond motifs is 2. The summed E-state index contributed by atoms with van der Waals surface area (Å²) in [5.74, 6) is -0.320. The maximum Gasteiger partial charge on any atom is 0.343 e. The Labute approximate surface area is 180 Å². The van der Waals surface area contributed by atoms with Gasteiger partial charge in [-0.05, 0) is 48.5 Å². The Balaban J connectivity index is 1.38. The molecular formula is C23H12ClFO6. The van der Waals surface area contributed by atoms with Gasteiger partial charge in [0.15, 0.2) is 17.3 Å². The van der Waals surface area contributed by atoms with E-state index in [0.717, 1.165) is 0 Å². The second-order valence-electron chi connectivity index (χ2n) is 6.69. The third-order valence-electron chi connectivity index (χ3n) is 4.74. The van der Waals surface area contributed by atoms with Gasteiger partial charge in [-0.3, -0.25) is 4.79 Å². The SMILES string of the molecule is O=C(Oc1ccc2c(c1)OC(=Cc1c(F)cccc1Cl)C2=O)c1ccc2c(c1)OCO2. The first-order chi connectivity index (χ1) is 15.0. The zero-order chi connectivity index (χ0) is 21.5. The largest absolute Gasteiger partial charge is 0.454 e. The van der Waals surface area contributed by atoms with Gasteiger partial charge >= 0.3 is 5.97 Å². The van der Waals surface area contributed by atoms with E-state index in [1.807, 2.05) is 0 Å². The summed E-state index contributed by atoms with van der Waals surface area (Å²) in [6.07, 6.45) is 1.25. The molecule has 31 heavy (non-hydrogen) atoms. The lowest BCUT2D eigenvalue weighted by Gasteiger charge is -2.06. The molecule has 6 nitrogen and oxygen atoms in total. The maximum atomic E-state index is 14.0. The van der Waals surface area contributed by atoms with Crippen LogP contribution in [0.3, 0.4) is 0 Å². The predicted molar refractivity (Wildman–Crippen MR) is 108 cm³/mol. The van der Waals surface area contributed by atoms with Crippen LogP contribution >= 0.6 is 11.6 Å². The monoisotopic (exact) mass is 438 g/mol. The second kappa shape index (κ2) is 7.45. The van der Waals surface area contributed by atoms with E-state index in [4.69, 9.17) is 30.5 Å². The third kappa shape index (κ3) is 3.49. The van der Waals surface area contributed by atoms with Gasteiger partial charge in [-0.1, -0.05) is 17.7 Å². The molecule has 2 heterocycles. The van der Waals surface area contributed by atoms with E-state index >= 15 is 0 Å². The van der Waals surface area contributed by atoms with Crippen molar-refractivity contribution in [1.29, 1.82) is 0 Å². The van der Waals surface area contributed by atoms with Gasteiger partial charge in [0.05, 0.1) is 16.1 Å². The van der Waals surface area contributed by atoms with E-state index in [-0.39, 0.29) is 45.8 Å². The zero-order valence-corrected chi connectivity index (χ0v) is 16.4. The maximum absolute atomic E-state index is 14.0. The summed E-state index contributed by atoms with van der Waals surface area (Å²) in [4.78, 5) is 25.1. The van der Waals surface area contributed by atoms with Gasteiger partial charge in [0.1, 0.15) is 17.3 Å². The summed E-state index contributed by atoms with van der Waals surface area (Å²) in [6.45, 7) is 0.0952. The molecule has 0 bridgehead atoms. The molecule has 2 aliphatic heterocycles. The highest BCUT2D eigenvalue weighted by atomic mass is 35.5. The summed E-state index contributed by atoms with van der Waals surface area (Å²) >= 11 is 6.02. The smallest absolute Gasteiger partial charge is 0.343 e. The highest BCUT2D eigenvalue weighted by molar-refractivity contribution is 6.32. The van der Waals surface area contributed by atoms with Gasteiger partial charge in [-0.15, -0.1) is 0 Å². The van der Waals surface area contributed by atoms with Crippen molar-refractivity contribution in [3.8, 4) is 23.0 Å². The Bertz CT molecular complexity index is 1260. The number of carbonyl (C=O) groups excluding carboxylic acids is 2. The highest BCUT2D eigenvalue weighted by Gasteiger charge is 2.29. The summed E-state index contributed by atoms with van der Waals surface area (Å²) in [7, 11) is 0. The van der Waals surface area contributed by atoms with Crippen LogP contribution in [0.5, 0.6) is 23.0 Å². The molecule has 3 aromatic rings. The van der Waals surface area contributed by atoms with Gasteiger partial charge in [0.2, 0.25) is 12.6 Å². The number of esters is 1. The number of ketones is 1. The van der Waals surface area contributed by atoms with Crippen LogP contribution < -0.4 is 18.9 Å². The first-order valence-corrected chi connectivity index (χ1v) is 9.51. The van der Waals surface area contributed by atoms with Crippen LogP contribution in [0.25, 0.3) is 6.08 Å². The van der Waals surface area contributed by atoms with E-state index in [2.05, 4.69) is 0 Å². The Morgan fingerprint density at radius 2 is 1.87 bits per heavy atom. The number of hydrogen-bond donors (Lipinski definition) is 0. The van der Waals surface area contributed by atoms with Crippen molar-refractivity contribution in [1.82, 2.24) is 0 Å². The molecular weight excluding hydrogens is 427 g/mol. The number of halogens is 2. The molecule has 5 rings (SSSR count). The second-order valence-corrected chi connectivity index (χ2v) is 7.10. The van der Waals surface area contributed by atoms with Crippen molar-refractivity contribution in [2.45, 2.75) is 0 Å². The van der Waals surface area contributed by atoms with Crippen molar-refractivity contribution < 1.29 is 32.9 Å². The molecule has 0 N–H and O–H groups in total. The fourth-order valence-corrected chi connectivity index (χ4v) is 3.42. The summed E-state index contributed by atoms with van der Waals surface area (Å²) in [5, 5.41) is 0.151. The first-order valence-electron chi connectivity index (χ1n) is 9.14. The Morgan fingerprint density at radius 3 is 2.71 bits per heavy atom.